The highest BCUT2D eigenvalue weighted by atomic mass is 35.5. The third-order valence-corrected chi connectivity index (χ3v) is 7.03. The van der Waals surface area contributed by atoms with Crippen LogP contribution in [0.2, 0.25) is 0 Å². The molecular formula is C26H27ClFN5O4S. The first-order chi connectivity index (χ1) is 17.9. The van der Waals surface area contributed by atoms with Crippen molar-refractivity contribution in [3.63, 3.8) is 0 Å². The zero-order valence-electron chi connectivity index (χ0n) is 20.7. The lowest BCUT2D eigenvalue weighted by molar-refractivity contribution is -0.385. The average Bonchev–Trinajstić information content (AvgIpc) is 3.47. The van der Waals surface area contributed by atoms with E-state index in [2.05, 4.69) is 11.6 Å². The Morgan fingerprint density at radius 1 is 1.03 bits per heavy atom. The van der Waals surface area contributed by atoms with Gasteiger partial charge in [-0.3, -0.25) is 24.3 Å². The van der Waals surface area contributed by atoms with E-state index in [-0.39, 0.29) is 24.3 Å². The molecule has 12 heteroatoms. The summed E-state index contributed by atoms with van der Waals surface area (Å²) in [6.07, 6.45) is 1.47. The first-order valence-corrected chi connectivity index (χ1v) is 13.1. The number of nitro groups is 1. The molecule has 0 saturated carbocycles. The number of halogens is 2. The molecule has 1 fully saturated rings. The maximum atomic E-state index is 13.4. The molecule has 0 unspecified atom stereocenters. The van der Waals surface area contributed by atoms with Crippen molar-refractivity contribution >= 4 is 51.1 Å². The van der Waals surface area contributed by atoms with Crippen molar-refractivity contribution in [1.82, 2.24) is 15.6 Å². The predicted octanol–water partition coefficient (Wildman–Crippen LogP) is 5.14. The fourth-order valence-electron chi connectivity index (χ4n) is 4.48. The van der Waals surface area contributed by atoms with Gasteiger partial charge in [-0.05, 0) is 35.2 Å². The summed E-state index contributed by atoms with van der Waals surface area (Å²) >= 11 is 6.01. The lowest BCUT2D eigenvalue weighted by Crippen LogP contribution is -2.49. The highest BCUT2D eigenvalue weighted by Crippen LogP contribution is 2.34. The van der Waals surface area contributed by atoms with Crippen molar-refractivity contribution in [3.8, 4) is 0 Å². The van der Waals surface area contributed by atoms with Crippen LogP contribution in [-0.2, 0) is 6.54 Å². The smallest absolute Gasteiger partial charge is 0.357 e. The number of hydrogen-bond acceptors (Lipinski definition) is 7. The molecule has 0 bridgehead atoms. The monoisotopic (exact) mass is 559 g/mol. The van der Waals surface area contributed by atoms with E-state index < -0.39 is 22.0 Å². The number of piperazine rings is 1. The van der Waals surface area contributed by atoms with Gasteiger partial charge in [-0.25, -0.2) is 4.39 Å². The van der Waals surface area contributed by atoms with E-state index in [9.17, 15) is 24.1 Å². The van der Waals surface area contributed by atoms with E-state index in [4.69, 9.17) is 0 Å². The molecule has 2 aromatic carbocycles. The van der Waals surface area contributed by atoms with Crippen molar-refractivity contribution in [2.24, 2.45) is 0 Å². The van der Waals surface area contributed by atoms with Crippen molar-refractivity contribution in [1.29, 1.82) is 0 Å². The molecule has 9 nitrogen and oxygen atoms in total. The van der Waals surface area contributed by atoms with Crippen LogP contribution in [0.15, 0.2) is 70.8 Å². The van der Waals surface area contributed by atoms with E-state index in [1.54, 1.807) is 47.4 Å². The second-order valence-corrected chi connectivity index (χ2v) is 9.19. The molecule has 1 amide bonds. The summed E-state index contributed by atoms with van der Waals surface area (Å²) < 4.78 is 14.7. The summed E-state index contributed by atoms with van der Waals surface area (Å²) in [5.41, 5.74) is 0.268. The van der Waals surface area contributed by atoms with Crippen LogP contribution in [0.4, 0.5) is 15.8 Å². The Morgan fingerprint density at radius 2 is 1.68 bits per heavy atom. The molecule has 4 aromatic rings. The number of alkyl halides is 1. The van der Waals surface area contributed by atoms with Crippen molar-refractivity contribution in [2.45, 2.75) is 6.54 Å². The normalized spacial score (nSPS) is 12.9. The van der Waals surface area contributed by atoms with E-state index in [1.165, 1.54) is 34.4 Å². The van der Waals surface area contributed by atoms with Gasteiger partial charge in [-0.2, -0.15) is 0 Å². The number of para-hydroxylation sites is 1. The van der Waals surface area contributed by atoms with Crippen LogP contribution in [-0.4, -0.2) is 52.9 Å². The number of hydrogen-bond donors (Lipinski definition) is 1. The highest BCUT2D eigenvalue weighted by Gasteiger charge is 2.32. The first kappa shape index (κ1) is 28.8. The summed E-state index contributed by atoms with van der Waals surface area (Å²) in [4.78, 5) is 41.9. The van der Waals surface area contributed by atoms with Gasteiger partial charge in [0.05, 0.1) is 21.9 Å². The number of aromatic nitrogens is 1. The van der Waals surface area contributed by atoms with E-state index in [0.29, 0.717) is 47.5 Å². The number of carbonyl (C=O) groups is 1. The van der Waals surface area contributed by atoms with Gasteiger partial charge in [-0.15, -0.1) is 22.9 Å². The second kappa shape index (κ2) is 12.6. The molecule has 2 aromatic heterocycles. The Hall–Kier alpha value is -3.80. The quantitative estimate of drug-likeness (QED) is 0.205. The fraction of sp³-hybridized carbons (Fsp3) is 0.231. The Morgan fingerprint density at radius 3 is 2.29 bits per heavy atom. The highest BCUT2D eigenvalue weighted by molar-refractivity contribution is 7.12. The Balaban J connectivity index is 0.00000130. The maximum absolute atomic E-state index is 13.4. The van der Waals surface area contributed by atoms with Crippen LogP contribution in [0.1, 0.15) is 15.2 Å². The van der Waals surface area contributed by atoms with E-state index in [1.807, 2.05) is 16.3 Å². The summed E-state index contributed by atoms with van der Waals surface area (Å²) in [5.74, 6) is -0.460. The van der Waals surface area contributed by atoms with E-state index in [0.717, 1.165) is 0 Å². The van der Waals surface area contributed by atoms with Crippen molar-refractivity contribution in [3.05, 3.63) is 103 Å². The van der Waals surface area contributed by atoms with Crippen LogP contribution in [0, 0.1) is 15.9 Å². The zero-order valence-corrected chi connectivity index (χ0v) is 22.3. The molecule has 1 aliphatic rings. The molecule has 3 N–H and O–H groups in total. The lowest BCUT2D eigenvalue weighted by atomic mass is 10.1. The standard InChI is InChI=1S/C25H21FN4O4S.CH3Cl.H3N/c26-18-9-7-17(8-10-18)16-29-20-5-2-1-4-19(20)22(23(25(29)32)30(33)34)27-11-13-28(14-12-27)24(31)21-6-3-15-35-21;1-2;/h1-10,15H,11-14,16H2;1H3;1H3. The summed E-state index contributed by atoms with van der Waals surface area (Å²) in [6, 6.07) is 16.4. The number of amides is 1. The summed E-state index contributed by atoms with van der Waals surface area (Å²) in [7, 11) is 0. The van der Waals surface area contributed by atoms with Crippen LogP contribution >= 0.6 is 22.9 Å². The molecule has 1 saturated heterocycles. The van der Waals surface area contributed by atoms with Gasteiger partial charge < -0.3 is 16.0 Å². The molecule has 3 heterocycles. The number of carbonyl (C=O) groups excluding carboxylic acids is 1. The molecule has 5 rings (SSSR count). The lowest BCUT2D eigenvalue weighted by Gasteiger charge is -2.36. The Bertz CT molecular complexity index is 1470. The minimum Gasteiger partial charge on any atom is -0.362 e. The van der Waals surface area contributed by atoms with Crippen molar-refractivity contribution < 1.29 is 14.1 Å². The number of nitrogens with zero attached hydrogens (tertiary/aromatic N) is 4. The fourth-order valence-corrected chi connectivity index (χ4v) is 5.17. The van der Waals surface area contributed by atoms with Crippen LogP contribution in [0.3, 0.4) is 0 Å². The molecule has 0 aliphatic carbocycles. The van der Waals surface area contributed by atoms with Gasteiger partial charge in [0.15, 0.2) is 0 Å². The molecule has 1 aliphatic heterocycles. The molecule has 0 spiro atoms. The van der Waals surface area contributed by atoms with E-state index >= 15 is 0 Å². The second-order valence-electron chi connectivity index (χ2n) is 8.25. The van der Waals surface area contributed by atoms with Crippen LogP contribution in [0.25, 0.3) is 10.9 Å². The zero-order chi connectivity index (χ0) is 26.5. The van der Waals surface area contributed by atoms with Gasteiger partial charge in [-0.1, -0.05) is 36.4 Å². The summed E-state index contributed by atoms with van der Waals surface area (Å²) in [5, 5.41) is 14.6. The molecule has 200 valence electrons. The number of anilines is 1. The predicted molar refractivity (Wildman–Crippen MR) is 150 cm³/mol. The van der Waals surface area contributed by atoms with Crippen LogP contribution < -0.4 is 16.6 Å². The number of rotatable bonds is 5. The topological polar surface area (TPSA) is 124 Å². The third-order valence-electron chi connectivity index (χ3n) is 6.17. The number of fused-ring (bicyclic) bond motifs is 1. The minimum absolute atomic E-state index is 0. The third kappa shape index (κ3) is 5.69. The molecule has 0 atom stereocenters. The molecular weight excluding hydrogens is 533 g/mol. The average molecular weight is 560 g/mol. The van der Waals surface area contributed by atoms with Gasteiger partial charge >= 0.3 is 11.2 Å². The SMILES string of the molecule is CCl.N.O=C(c1cccs1)N1CCN(c2c([N+](=O)[O-])c(=O)n(Cc3ccc(F)cc3)c3ccccc23)CC1. The Labute approximate surface area is 227 Å². The largest absolute Gasteiger partial charge is 0.362 e. The van der Waals surface area contributed by atoms with Crippen molar-refractivity contribution in [2.75, 3.05) is 37.5 Å². The Kier molecular flexibility index (Phi) is 9.56. The maximum Gasteiger partial charge on any atom is 0.357 e. The number of thiophene rings is 1. The van der Waals surface area contributed by atoms with Gasteiger partial charge in [0.2, 0.25) is 0 Å². The summed E-state index contributed by atoms with van der Waals surface area (Å²) in [6.45, 7) is 1.58. The minimum atomic E-state index is -0.717. The van der Waals surface area contributed by atoms with Gasteiger partial charge in [0.1, 0.15) is 11.5 Å². The molecule has 38 heavy (non-hydrogen) atoms. The van der Waals surface area contributed by atoms with Crippen LogP contribution in [0.5, 0.6) is 0 Å². The first-order valence-electron chi connectivity index (χ1n) is 11.4. The molecule has 0 radical (unpaired) electrons. The van der Waals surface area contributed by atoms with Gasteiger partial charge in [0.25, 0.3) is 5.91 Å². The van der Waals surface area contributed by atoms with Gasteiger partial charge in [0, 0.05) is 37.9 Å². The number of benzene rings is 2. The number of pyridine rings is 1.